The summed E-state index contributed by atoms with van der Waals surface area (Å²) in [7, 11) is 0. The minimum Gasteiger partial charge on any atom is -0.327 e. The van der Waals surface area contributed by atoms with Crippen LogP contribution in [0.1, 0.15) is 32.3 Å². The Labute approximate surface area is 110 Å². The number of nitrogens with zero attached hydrogens (tertiary/aromatic N) is 1. The fraction of sp³-hybridized carbons (Fsp3) is 0.625. The Morgan fingerprint density at radius 2 is 1.94 bits per heavy atom. The molecule has 1 aromatic rings. The summed E-state index contributed by atoms with van der Waals surface area (Å²) in [6.07, 6.45) is 2.66. The molecule has 1 aromatic carbocycles. The average Bonchev–Trinajstić information content (AvgIpc) is 2.71. The summed E-state index contributed by atoms with van der Waals surface area (Å²) in [5, 5.41) is 0. The summed E-state index contributed by atoms with van der Waals surface area (Å²) in [4.78, 5) is 2.65. The summed E-state index contributed by atoms with van der Waals surface area (Å²) < 4.78 is 0. The van der Waals surface area contributed by atoms with Crippen LogP contribution in [0, 0.1) is 11.3 Å². The lowest BCUT2D eigenvalue weighted by molar-refractivity contribution is 0.207. The largest absolute Gasteiger partial charge is 0.327 e. The molecule has 18 heavy (non-hydrogen) atoms. The molecule has 3 unspecified atom stereocenters. The molecule has 1 saturated carbocycles. The fourth-order valence-electron chi connectivity index (χ4n) is 3.73. The van der Waals surface area contributed by atoms with Gasteiger partial charge >= 0.3 is 0 Å². The Bertz CT molecular complexity index is 412. The van der Waals surface area contributed by atoms with Crippen LogP contribution in [-0.2, 0) is 6.54 Å². The van der Waals surface area contributed by atoms with E-state index in [1.807, 2.05) is 0 Å². The molecule has 0 radical (unpaired) electrons. The van der Waals surface area contributed by atoms with Crippen LogP contribution in [0.4, 0.5) is 0 Å². The third-order valence-corrected chi connectivity index (χ3v) is 5.05. The lowest BCUT2D eigenvalue weighted by atomic mass is 10.0. The molecule has 1 saturated heterocycles. The molecule has 0 bridgehead atoms. The Balaban J connectivity index is 1.69. The molecule has 0 amide bonds. The van der Waals surface area contributed by atoms with E-state index in [-0.39, 0.29) is 0 Å². The molecule has 2 fully saturated rings. The smallest absolute Gasteiger partial charge is 0.0236 e. The minimum absolute atomic E-state index is 0.351. The van der Waals surface area contributed by atoms with Gasteiger partial charge in [-0.15, -0.1) is 0 Å². The molecule has 2 aliphatic rings. The van der Waals surface area contributed by atoms with Crippen molar-refractivity contribution in [1.29, 1.82) is 0 Å². The van der Waals surface area contributed by atoms with Gasteiger partial charge in [-0.3, -0.25) is 4.90 Å². The topological polar surface area (TPSA) is 29.3 Å². The molecule has 0 aromatic heterocycles. The van der Waals surface area contributed by atoms with Crippen molar-refractivity contribution >= 4 is 0 Å². The van der Waals surface area contributed by atoms with Crippen LogP contribution in [0.25, 0.3) is 0 Å². The van der Waals surface area contributed by atoms with Gasteiger partial charge in [-0.1, -0.05) is 44.2 Å². The van der Waals surface area contributed by atoms with Crippen LogP contribution >= 0.6 is 0 Å². The van der Waals surface area contributed by atoms with Gasteiger partial charge in [0.15, 0.2) is 0 Å². The zero-order chi connectivity index (χ0) is 12.8. The highest BCUT2D eigenvalue weighted by atomic mass is 15.2. The van der Waals surface area contributed by atoms with E-state index in [1.54, 1.807) is 0 Å². The summed E-state index contributed by atoms with van der Waals surface area (Å²) in [5.74, 6) is 0.698. The molecular weight excluding hydrogens is 220 g/mol. The summed E-state index contributed by atoms with van der Waals surface area (Å²) in [5.41, 5.74) is 8.03. The SMILES string of the molecule is CC1(C)C(N)C1C1CCCN1Cc1ccccc1. The molecule has 1 aliphatic carbocycles. The molecule has 1 heterocycles. The van der Waals surface area contributed by atoms with Crippen LogP contribution in [0.5, 0.6) is 0 Å². The van der Waals surface area contributed by atoms with E-state index in [2.05, 4.69) is 49.1 Å². The Morgan fingerprint density at radius 1 is 1.28 bits per heavy atom. The number of benzene rings is 1. The quantitative estimate of drug-likeness (QED) is 0.885. The van der Waals surface area contributed by atoms with Crippen LogP contribution in [0.15, 0.2) is 30.3 Å². The third kappa shape index (κ3) is 1.98. The highest BCUT2D eigenvalue weighted by Crippen LogP contribution is 2.55. The Hall–Kier alpha value is -0.860. The molecule has 2 nitrogen and oxygen atoms in total. The van der Waals surface area contributed by atoms with Gasteiger partial charge in [-0.2, -0.15) is 0 Å². The highest BCUT2D eigenvalue weighted by molar-refractivity contribution is 5.18. The van der Waals surface area contributed by atoms with E-state index >= 15 is 0 Å². The predicted octanol–water partition coefficient (Wildman–Crippen LogP) is 2.63. The second-order valence-corrected chi connectivity index (χ2v) is 6.54. The van der Waals surface area contributed by atoms with E-state index in [9.17, 15) is 0 Å². The van der Waals surface area contributed by atoms with Crippen LogP contribution < -0.4 is 5.73 Å². The van der Waals surface area contributed by atoms with Crippen molar-refractivity contribution < 1.29 is 0 Å². The van der Waals surface area contributed by atoms with Gasteiger partial charge in [-0.25, -0.2) is 0 Å². The van der Waals surface area contributed by atoms with Gasteiger partial charge < -0.3 is 5.73 Å². The number of hydrogen-bond acceptors (Lipinski definition) is 2. The van der Waals surface area contributed by atoms with Gasteiger partial charge in [0.05, 0.1) is 0 Å². The van der Waals surface area contributed by atoms with Crippen LogP contribution in [0.3, 0.4) is 0 Å². The molecule has 1 aliphatic heterocycles. The van der Waals surface area contributed by atoms with Crippen molar-refractivity contribution in [1.82, 2.24) is 4.90 Å². The molecule has 0 spiro atoms. The number of rotatable bonds is 3. The maximum atomic E-state index is 6.25. The molecule has 3 atom stereocenters. The van der Waals surface area contributed by atoms with Crippen molar-refractivity contribution in [3.63, 3.8) is 0 Å². The molecule has 2 N–H and O–H groups in total. The minimum atomic E-state index is 0.351. The lowest BCUT2D eigenvalue weighted by Gasteiger charge is -2.25. The van der Waals surface area contributed by atoms with Gasteiger partial charge in [0.2, 0.25) is 0 Å². The van der Waals surface area contributed by atoms with Crippen molar-refractivity contribution in [2.24, 2.45) is 17.1 Å². The Morgan fingerprint density at radius 3 is 2.56 bits per heavy atom. The van der Waals surface area contributed by atoms with E-state index in [1.165, 1.54) is 24.9 Å². The van der Waals surface area contributed by atoms with Gasteiger partial charge in [-0.05, 0) is 36.3 Å². The van der Waals surface area contributed by atoms with E-state index in [4.69, 9.17) is 5.73 Å². The van der Waals surface area contributed by atoms with Crippen LogP contribution in [-0.4, -0.2) is 23.5 Å². The second kappa shape index (κ2) is 4.36. The van der Waals surface area contributed by atoms with Crippen molar-refractivity contribution in [3.8, 4) is 0 Å². The monoisotopic (exact) mass is 244 g/mol. The summed E-state index contributed by atoms with van der Waals surface area (Å²) in [6, 6.07) is 11.9. The van der Waals surface area contributed by atoms with E-state index in [0.717, 1.165) is 6.54 Å². The molecule has 2 heteroatoms. The fourth-order valence-corrected chi connectivity index (χ4v) is 3.73. The zero-order valence-corrected chi connectivity index (χ0v) is 11.5. The van der Waals surface area contributed by atoms with E-state index in [0.29, 0.717) is 23.4 Å². The molecule has 3 rings (SSSR count). The first-order valence-electron chi connectivity index (χ1n) is 7.14. The van der Waals surface area contributed by atoms with Crippen LogP contribution in [0.2, 0.25) is 0 Å². The maximum absolute atomic E-state index is 6.25. The first-order chi connectivity index (χ1) is 8.60. The first kappa shape index (κ1) is 12.2. The molecule has 98 valence electrons. The lowest BCUT2D eigenvalue weighted by Crippen LogP contribution is -2.32. The average molecular weight is 244 g/mol. The van der Waals surface area contributed by atoms with E-state index < -0.39 is 0 Å². The maximum Gasteiger partial charge on any atom is 0.0236 e. The van der Waals surface area contributed by atoms with Gasteiger partial charge in [0.25, 0.3) is 0 Å². The third-order valence-electron chi connectivity index (χ3n) is 5.05. The normalized spacial score (nSPS) is 34.7. The van der Waals surface area contributed by atoms with Crippen molar-refractivity contribution in [2.45, 2.75) is 45.3 Å². The summed E-state index contributed by atoms with van der Waals surface area (Å²) >= 11 is 0. The number of likely N-dealkylation sites (tertiary alicyclic amines) is 1. The second-order valence-electron chi connectivity index (χ2n) is 6.54. The summed E-state index contributed by atoms with van der Waals surface area (Å²) in [6.45, 7) is 6.96. The van der Waals surface area contributed by atoms with Crippen molar-refractivity contribution in [2.75, 3.05) is 6.54 Å². The standard InChI is InChI=1S/C16H24N2/c1-16(2)14(15(16)17)13-9-6-10-18(13)11-12-7-4-3-5-8-12/h3-5,7-8,13-15H,6,9-11,17H2,1-2H3. The van der Waals surface area contributed by atoms with Gasteiger partial charge in [0, 0.05) is 18.6 Å². The Kier molecular flexibility index (Phi) is 2.95. The molecular formula is C16H24N2. The number of hydrogen-bond donors (Lipinski definition) is 1. The zero-order valence-electron chi connectivity index (χ0n) is 11.5. The highest BCUT2D eigenvalue weighted by Gasteiger charge is 2.60. The van der Waals surface area contributed by atoms with Gasteiger partial charge in [0.1, 0.15) is 0 Å². The first-order valence-corrected chi connectivity index (χ1v) is 7.14. The predicted molar refractivity (Wildman–Crippen MR) is 75.1 cm³/mol. The van der Waals surface area contributed by atoms with Crippen molar-refractivity contribution in [3.05, 3.63) is 35.9 Å². The number of nitrogens with two attached hydrogens (primary N) is 1.